The van der Waals surface area contributed by atoms with Gasteiger partial charge in [-0.1, -0.05) is 19.3 Å². The highest BCUT2D eigenvalue weighted by Crippen LogP contribution is 2.50. The summed E-state index contributed by atoms with van der Waals surface area (Å²) in [6, 6.07) is -1.85. The van der Waals surface area contributed by atoms with Crippen LogP contribution in [-0.2, 0) is 4.79 Å². The first-order valence-corrected chi connectivity index (χ1v) is 4.86. The van der Waals surface area contributed by atoms with Crippen LogP contribution >= 0.6 is 0 Å². The first-order valence-electron chi connectivity index (χ1n) is 4.86. The molecule has 0 radical (unpaired) electrons. The van der Waals surface area contributed by atoms with E-state index < -0.39 is 23.6 Å². The number of halogens is 3. The molecule has 0 spiro atoms. The highest BCUT2D eigenvalue weighted by atomic mass is 19.4. The van der Waals surface area contributed by atoms with Gasteiger partial charge in [0.25, 0.3) is 0 Å². The lowest BCUT2D eigenvalue weighted by Crippen LogP contribution is -2.56. The van der Waals surface area contributed by atoms with Gasteiger partial charge in [0.05, 0.1) is 5.41 Å². The first kappa shape index (κ1) is 12.3. The van der Waals surface area contributed by atoms with Crippen molar-refractivity contribution in [3.05, 3.63) is 0 Å². The summed E-state index contributed by atoms with van der Waals surface area (Å²) in [6.07, 6.45) is -3.40. The monoisotopic (exact) mass is 225 g/mol. The predicted octanol–water partition coefficient (Wildman–Crippen LogP) is 1.91. The molecule has 0 bridgehead atoms. The molecule has 1 fully saturated rings. The Bertz CT molecular complexity index is 246. The maximum Gasteiger partial charge on any atom is 0.396 e. The quantitative estimate of drug-likeness (QED) is 0.754. The molecule has 1 aliphatic rings. The summed E-state index contributed by atoms with van der Waals surface area (Å²) in [5.74, 6) is -1.57. The van der Waals surface area contributed by atoms with Crippen LogP contribution in [0.15, 0.2) is 0 Å². The standard InChI is InChI=1S/C9H14F3NO2/c10-9(11,12)8(6(13)7(14)15)4-2-1-3-5-8/h6H,1-5,13H2,(H,14,15)/t6-/m0/s1. The van der Waals surface area contributed by atoms with E-state index >= 15 is 0 Å². The van der Waals surface area contributed by atoms with Crippen LogP contribution in [-0.4, -0.2) is 23.3 Å². The molecule has 6 heteroatoms. The van der Waals surface area contributed by atoms with E-state index in [0.717, 1.165) is 0 Å². The number of alkyl halides is 3. The van der Waals surface area contributed by atoms with E-state index in [2.05, 4.69) is 0 Å². The minimum Gasteiger partial charge on any atom is -0.480 e. The van der Waals surface area contributed by atoms with Gasteiger partial charge in [-0.05, 0) is 12.8 Å². The fraction of sp³-hybridized carbons (Fsp3) is 0.889. The van der Waals surface area contributed by atoms with Gasteiger partial charge in [-0.3, -0.25) is 4.79 Å². The molecule has 1 saturated carbocycles. The second kappa shape index (κ2) is 4.00. The summed E-state index contributed by atoms with van der Waals surface area (Å²) in [4.78, 5) is 10.6. The molecular weight excluding hydrogens is 211 g/mol. The average Bonchev–Trinajstić information content (AvgIpc) is 2.16. The van der Waals surface area contributed by atoms with Crippen LogP contribution in [0.1, 0.15) is 32.1 Å². The SMILES string of the molecule is N[C@@H](C(=O)O)C1(C(F)(F)F)CCCCC1. The Labute approximate surface area is 85.4 Å². The molecule has 88 valence electrons. The zero-order valence-corrected chi connectivity index (χ0v) is 8.18. The highest BCUT2D eigenvalue weighted by Gasteiger charge is 2.60. The van der Waals surface area contributed by atoms with Crippen LogP contribution in [0.2, 0.25) is 0 Å². The lowest BCUT2D eigenvalue weighted by Gasteiger charge is -2.41. The van der Waals surface area contributed by atoms with Gasteiger partial charge in [-0.2, -0.15) is 13.2 Å². The largest absolute Gasteiger partial charge is 0.480 e. The van der Waals surface area contributed by atoms with Gasteiger partial charge >= 0.3 is 12.1 Å². The van der Waals surface area contributed by atoms with Crippen molar-refractivity contribution in [3.63, 3.8) is 0 Å². The molecule has 0 aliphatic heterocycles. The summed E-state index contributed by atoms with van der Waals surface area (Å²) in [5.41, 5.74) is 2.97. The maximum absolute atomic E-state index is 12.9. The molecule has 1 atom stereocenters. The average molecular weight is 225 g/mol. The van der Waals surface area contributed by atoms with Gasteiger partial charge < -0.3 is 10.8 Å². The van der Waals surface area contributed by atoms with Crippen LogP contribution < -0.4 is 5.73 Å². The molecule has 1 aliphatic carbocycles. The van der Waals surface area contributed by atoms with Crippen LogP contribution in [0.5, 0.6) is 0 Å². The molecule has 0 unspecified atom stereocenters. The Morgan fingerprint density at radius 1 is 1.27 bits per heavy atom. The van der Waals surface area contributed by atoms with E-state index in [0.29, 0.717) is 19.3 Å². The molecule has 0 saturated heterocycles. The fourth-order valence-corrected chi connectivity index (χ4v) is 2.19. The number of hydrogen-bond donors (Lipinski definition) is 2. The Balaban J connectivity index is 3.00. The van der Waals surface area contributed by atoms with Gasteiger partial charge in [-0.25, -0.2) is 0 Å². The molecule has 0 amide bonds. The highest BCUT2D eigenvalue weighted by molar-refractivity contribution is 5.74. The van der Waals surface area contributed by atoms with E-state index in [-0.39, 0.29) is 12.8 Å². The predicted molar refractivity (Wildman–Crippen MR) is 47.2 cm³/mol. The third-order valence-electron chi connectivity index (χ3n) is 3.17. The second-order valence-electron chi connectivity index (χ2n) is 4.03. The van der Waals surface area contributed by atoms with Gasteiger partial charge in [0.1, 0.15) is 6.04 Å². The molecular formula is C9H14F3NO2. The Morgan fingerprint density at radius 3 is 2.07 bits per heavy atom. The Morgan fingerprint density at radius 2 is 1.73 bits per heavy atom. The van der Waals surface area contributed by atoms with E-state index in [9.17, 15) is 18.0 Å². The third kappa shape index (κ3) is 2.09. The van der Waals surface area contributed by atoms with Crippen molar-refractivity contribution >= 4 is 5.97 Å². The molecule has 0 aromatic rings. The fourth-order valence-electron chi connectivity index (χ4n) is 2.19. The topological polar surface area (TPSA) is 63.3 Å². The molecule has 3 N–H and O–H groups in total. The van der Waals surface area contributed by atoms with Crippen molar-refractivity contribution in [1.82, 2.24) is 0 Å². The van der Waals surface area contributed by atoms with Crippen molar-refractivity contribution < 1.29 is 23.1 Å². The van der Waals surface area contributed by atoms with Gasteiger partial charge in [0.15, 0.2) is 0 Å². The smallest absolute Gasteiger partial charge is 0.396 e. The molecule has 0 aromatic carbocycles. The van der Waals surface area contributed by atoms with Crippen LogP contribution in [0.25, 0.3) is 0 Å². The number of aliphatic carboxylic acids is 1. The first-order chi connectivity index (χ1) is 6.81. The lowest BCUT2D eigenvalue weighted by atomic mass is 9.68. The number of carboxylic acid groups (broad SMARTS) is 1. The number of carbonyl (C=O) groups is 1. The molecule has 0 heterocycles. The zero-order valence-electron chi connectivity index (χ0n) is 8.18. The number of carboxylic acids is 1. The molecule has 3 nitrogen and oxygen atoms in total. The lowest BCUT2D eigenvalue weighted by molar-refractivity contribution is -0.243. The Kier molecular flexibility index (Phi) is 3.28. The van der Waals surface area contributed by atoms with E-state index in [1.54, 1.807) is 0 Å². The van der Waals surface area contributed by atoms with Crippen LogP contribution in [0, 0.1) is 5.41 Å². The van der Waals surface area contributed by atoms with Crippen molar-refractivity contribution in [2.45, 2.75) is 44.3 Å². The van der Waals surface area contributed by atoms with Crippen molar-refractivity contribution in [2.24, 2.45) is 11.1 Å². The third-order valence-corrected chi connectivity index (χ3v) is 3.17. The summed E-state index contributed by atoms with van der Waals surface area (Å²) in [6.45, 7) is 0. The normalized spacial score (nSPS) is 23.5. The van der Waals surface area contributed by atoms with Gasteiger partial charge in [-0.15, -0.1) is 0 Å². The van der Waals surface area contributed by atoms with E-state index in [1.165, 1.54) is 0 Å². The minimum atomic E-state index is -4.54. The number of hydrogen-bond acceptors (Lipinski definition) is 2. The van der Waals surface area contributed by atoms with E-state index in [1.807, 2.05) is 0 Å². The van der Waals surface area contributed by atoms with Crippen molar-refractivity contribution in [2.75, 3.05) is 0 Å². The van der Waals surface area contributed by atoms with Crippen LogP contribution in [0.4, 0.5) is 13.2 Å². The van der Waals surface area contributed by atoms with Crippen LogP contribution in [0.3, 0.4) is 0 Å². The number of rotatable bonds is 2. The zero-order chi connectivity index (χ0) is 11.7. The van der Waals surface area contributed by atoms with Crippen molar-refractivity contribution in [3.8, 4) is 0 Å². The summed E-state index contributed by atoms with van der Waals surface area (Å²) in [7, 11) is 0. The number of nitrogens with two attached hydrogens (primary N) is 1. The van der Waals surface area contributed by atoms with E-state index in [4.69, 9.17) is 10.8 Å². The van der Waals surface area contributed by atoms with Gasteiger partial charge in [0.2, 0.25) is 0 Å². The summed E-state index contributed by atoms with van der Waals surface area (Å²) in [5, 5.41) is 8.64. The Hall–Kier alpha value is -0.780. The molecule has 1 rings (SSSR count). The second-order valence-corrected chi connectivity index (χ2v) is 4.03. The molecule has 15 heavy (non-hydrogen) atoms. The maximum atomic E-state index is 12.9. The molecule has 0 aromatic heterocycles. The summed E-state index contributed by atoms with van der Waals surface area (Å²) >= 11 is 0. The van der Waals surface area contributed by atoms with Gasteiger partial charge in [0, 0.05) is 0 Å². The minimum absolute atomic E-state index is 0.177. The van der Waals surface area contributed by atoms with Crippen molar-refractivity contribution in [1.29, 1.82) is 0 Å². The summed E-state index contributed by atoms with van der Waals surface area (Å²) < 4.78 is 38.6.